The first-order valence-corrected chi connectivity index (χ1v) is 26.1. The highest BCUT2D eigenvalue weighted by Crippen LogP contribution is 2.61. The molecule has 0 fully saturated rings. The topological polar surface area (TPSA) is 3.24 Å². The lowest BCUT2D eigenvalue weighted by Crippen LogP contribution is -2.28. The SMILES string of the molecule is c1ccc(-c2ccc(-c3ccccc3N(c3ccc(-c4ccc5c(c4)C(c4ccccc4)(c4ccccc4)c4ccccc4-5)cc3)c3cccc4c3-c3ccccc3C4(c3ccccc3)c3ccccc3)cc2)cc1. The summed E-state index contributed by atoms with van der Waals surface area (Å²) in [6.45, 7) is 0. The fraction of sp³-hybridized carbons (Fsp3) is 0.0270. The summed E-state index contributed by atoms with van der Waals surface area (Å²) in [6.07, 6.45) is 0. The zero-order chi connectivity index (χ0) is 49.8. The molecule has 0 aromatic heterocycles. The molecule has 0 unspecified atom stereocenters. The fourth-order valence-electron chi connectivity index (χ4n) is 12.9. The van der Waals surface area contributed by atoms with Crippen molar-refractivity contribution in [1.29, 1.82) is 0 Å². The molecule has 12 aromatic rings. The monoisotopic (exact) mass is 953 g/mol. The smallest absolute Gasteiger partial charge is 0.0714 e. The van der Waals surface area contributed by atoms with E-state index in [2.05, 4.69) is 314 Å². The van der Waals surface area contributed by atoms with Crippen molar-refractivity contribution in [2.24, 2.45) is 0 Å². The van der Waals surface area contributed by atoms with Gasteiger partial charge in [-0.15, -0.1) is 0 Å². The van der Waals surface area contributed by atoms with Gasteiger partial charge in [0, 0.05) is 16.8 Å². The van der Waals surface area contributed by atoms with Gasteiger partial charge in [0.25, 0.3) is 0 Å². The summed E-state index contributed by atoms with van der Waals surface area (Å²) < 4.78 is 0. The Kier molecular flexibility index (Phi) is 10.7. The number of nitrogens with zero attached hydrogens (tertiary/aromatic N) is 1. The number of rotatable bonds is 10. The zero-order valence-electron chi connectivity index (χ0n) is 41.4. The number of anilines is 3. The molecule has 0 bridgehead atoms. The third kappa shape index (κ3) is 6.93. The van der Waals surface area contributed by atoms with E-state index in [1.807, 2.05) is 0 Å². The van der Waals surface area contributed by atoms with Gasteiger partial charge in [0.05, 0.1) is 22.2 Å². The Balaban J connectivity index is 0.969. The fourth-order valence-corrected chi connectivity index (χ4v) is 12.9. The molecule has 2 aliphatic rings. The van der Waals surface area contributed by atoms with Crippen LogP contribution in [0.5, 0.6) is 0 Å². The van der Waals surface area contributed by atoms with E-state index in [0.717, 1.165) is 33.8 Å². The Morgan fingerprint density at radius 2 is 0.587 bits per heavy atom. The highest BCUT2D eigenvalue weighted by Gasteiger charge is 2.48. The van der Waals surface area contributed by atoms with Crippen molar-refractivity contribution in [2.75, 3.05) is 4.90 Å². The van der Waals surface area contributed by atoms with Crippen molar-refractivity contribution in [3.63, 3.8) is 0 Å². The first kappa shape index (κ1) is 44.2. The summed E-state index contributed by atoms with van der Waals surface area (Å²) in [5, 5.41) is 0. The quantitative estimate of drug-likeness (QED) is 0.132. The molecule has 0 saturated carbocycles. The number of fused-ring (bicyclic) bond motifs is 6. The van der Waals surface area contributed by atoms with Crippen molar-refractivity contribution in [3.05, 3.63) is 354 Å². The third-order valence-corrected chi connectivity index (χ3v) is 16.1. The van der Waals surface area contributed by atoms with Crippen molar-refractivity contribution in [3.8, 4) is 55.6 Å². The minimum Gasteiger partial charge on any atom is -0.309 e. The molecule has 1 nitrogen and oxygen atoms in total. The van der Waals surface area contributed by atoms with Crippen molar-refractivity contribution in [1.82, 2.24) is 0 Å². The van der Waals surface area contributed by atoms with Gasteiger partial charge in [0.2, 0.25) is 0 Å². The highest BCUT2D eigenvalue weighted by molar-refractivity contribution is 6.00. The lowest BCUT2D eigenvalue weighted by molar-refractivity contribution is 0.768. The third-order valence-electron chi connectivity index (χ3n) is 16.1. The summed E-state index contributed by atoms with van der Waals surface area (Å²) in [4.78, 5) is 2.51. The van der Waals surface area contributed by atoms with Gasteiger partial charge >= 0.3 is 0 Å². The molecule has 352 valence electrons. The second kappa shape index (κ2) is 18.2. The van der Waals surface area contributed by atoms with Gasteiger partial charge in [-0.3, -0.25) is 0 Å². The summed E-state index contributed by atoms with van der Waals surface area (Å²) >= 11 is 0. The van der Waals surface area contributed by atoms with Gasteiger partial charge in [-0.1, -0.05) is 279 Å². The Bertz CT molecular complexity index is 3940. The largest absolute Gasteiger partial charge is 0.309 e. The van der Waals surface area contributed by atoms with Crippen LogP contribution in [0.3, 0.4) is 0 Å². The molecular weight excluding hydrogens is 903 g/mol. The van der Waals surface area contributed by atoms with Crippen LogP contribution in [0.15, 0.2) is 309 Å². The molecule has 12 aromatic carbocycles. The van der Waals surface area contributed by atoms with Crippen LogP contribution in [-0.4, -0.2) is 0 Å². The normalized spacial score (nSPS) is 13.3. The van der Waals surface area contributed by atoms with E-state index in [4.69, 9.17) is 0 Å². The summed E-state index contributed by atoms with van der Waals surface area (Å²) in [7, 11) is 0. The van der Waals surface area contributed by atoms with Gasteiger partial charge in [0.1, 0.15) is 0 Å². The van der Waals surface area contributed by atoms with Crippen LogP contribution in [0.4, 0.5) is 17.1 Å². The Labute approximate surface area is 440 Å². The molecule has 0 spiro atoms. The predicted molar refractivity (Wildman–Crippen MR) is 312 cm³/mol. The van der Waals surface area contributed by atoms with E-state index >= 15 is 0 Å². The molecule has 2 aliphatic carbocycles. The van der Waals surface area contributed by atoms with E-state index < -0.39 is 10.8 Å². The molecule has 0 N–H and O–H groups in total. The zero-order valence-corrected chi connectivity index (χ0v) is 41.4. The van der Waals surface area contributed by atoms with E-state index in [0.29, 0.717) is 0 Å². The molecule has 0 atom stereocenters. The second-order valence-electron chi connectivity index (χ2n) is 19.9. The average molecular weight is 954 g/mol. The Morgan fingerprint density at radius 1 is 0.213 bits per heavy atom. The average Bonchev–Trinajstić information content (AvgIpc) is 4.07. The summed E-state index contributed by atoms with van der Waals surface area (Å²) in [5.74, 6) is 0. The molecule has 0 heterocycles. The van der Waals surface area contributed by atoms with E-state index in [1.54, 1.807) is 0 Å². The van der Waals surface area contributed by atoms with Crippen LogP contribution in [0.1, 0.15) is 44.5 Å². The van der Waals surface area contributed by atoms with Crippen LogP contribution in [0.2, 0.25) is 0 Å². The molecule has 0 saturated heterocycles. The number of hydrogen-bond acceptors (Lipinski definition) is 1. The van der Waals surface area contributed by atoms with Gasteiger partial charge in [-0.2, -0.15) is 0 Å². The Hall–Kier alpha value is -9.56. The Morgan fingerprint density at radius 3 is 1.17 bits per heavy atom. The van der Waals surface area contributed by atoms with Crippen LogP contribution in [-0.2, 0) is 10.8 Å². The standard InChI is InChI=1S/C74H51N/c1-6-23-52(24-7-1)53-41-43-55(44-42-53)62-33-18-21-39-70(62)75(71-40-22-38-68-72(71)65-35-17-20-37-67(65)73(68,57-25-8-2-9-26-57)58-27-10-3-11-28-58)61-48-45-54(46-49-61)56-47-50-64-63-34-16-19-36-66(63)74(69(64)51-56,59-29-12-4-13-30-59)60-31-14-5-15-32-60/h1-51H. The molecule has 75 heavy (non-hydrogen) atoms. The lowest BCUT2D eigenvalue weighted by Gasteiger charge is -2.34. The van der Waals surface area contributed by atoms with Crippen LogP contribution in [0.25, 0.3) is 55.6 Å². The van der Waals surface area contributed by atoms with Crippen molar-refractivity contribution in [2.45, 2.75) is 10.8 Å². The minimum absolute atomic E-state index is 0.483. The molecular formula is C74H51N. The number of hydrogen-bond donors (Lipinski definition) is 0. The summed E-state index contributed by atoms with van der Waals surface area (Å²) in [6, 6.07) is 114. The molecule has 1 heteroatoms. The maximum atomic E-state index is 2.51. The lowest BCUT2D eigenvalue weighted by atomic mass is 9.67. The van der Waals surface area contributed by atoms with Crippen LogP contribution in [0, 0.1) is 0 Å². The second-order valence-corrected chi connectivity index (χ2v) is 19.9. The van der Waals surface area contributed by atoms with Crippen LogP contribution < -0.4 is 4.90 Å². The predicted octanol–water partition coefficient (Wildman–Crippen LogP) is 18.9. The van der Waals surface area contributed by atoms with E-state index in [9.17, 15) is 0 Å². The maximum Gasteiger partial charge on any atom is 0.0714 e. The molecule has 0 radical (unpaired) electrons. The van der Waals surface area contributed by atoms with Crippen molar-refractivity contribution < 1.29 is 0 Å². The van der Waals surface area contributed by atoms with Gasteiger partial charge in [-0.05, 0) is 119 Å². The van der Waals surface area contributed by atoms with Crippen LogP contribution >= 0.6 is 0 Å². The first-order valence-electron chi connectivity index (χ1n) is 26.1. The van der Waals surface area contributed by atoms with Gasteiger partial charge < -0.3 is 4.90 Å². The number of para-hydroxylation sites is 1. The number of benzene rings is 12. The van der Waals surface area contributed by atoms with Gasteiger partial charge in [-0.25, -0.2) is 0 Å². The maximum absolute atomic E-state index is 2.51. The van der Waals surface area contributed by atoms with Crippen molar-refractivity contribution >= 4 is 17.1 Å². The first-order chi connectivity index (χ1) is 37.2. The van der Waals surface area contributed by atoms with E-state index in [1.165, 1.54) is 83.5 Å². The molecule has 0 amide bonds. The molecule has 14 rings (SSSR count). The highest BCUT2D eigenvalue weighted by atomic mass is 15.1. The minimum atomic E-state index is -0.547. The summed E-state index contributed by atoms with van der Waals surface area (Å²) in [5.41, 5.74) is 24.5. The van der Waals surface area contributed by atoms with E-state index in [-0.39, 0.29) is 0 Å². The molecule has 0 aliphatic heterocycles. The van der Waals surface area contributed by atoms with Gasteiger partial charge in [0.15, 0.2) is 0 Å².